The quantitative estimate of drug-likeness (QED) is 0.534. The molecule has 0 saturated heterocycles. The Labute approximate surface area is 166 Å². The summed E-state index contributed by atoms with van der Waals surface area (Å²) < 4.78 is 3.00. The van der Waals surface area contributed by atoms with Crippen LogP contribution in [0.15, 0.2) is 48.8 Å². The third kappa shape index (κ3) is 5.06. The van der Waals surface area contributed by atoms with Gasteiger partial charge in [0.25, 0.3) is 11.8 Å². The molecule has 3 N–H and O–H groups in total. The van der Waals surface area contributed by atoms with Gasteiger partial charge in [0.05, 0.1) is 13.0 Å². The third-order valence-corrected chi connectivity index (χ3v) is 4.08. The van der Waals surface area contributed by atoms with Gasteiger partial charge in [-0.1, -0.05) is 0 Å². The van der Waals surface area contributed by atoms with Crippen molar-refractivity contribution in [3.8, 4) is 0 Å². The highest BCUT2D eigenvalue weighted by Crippen LogP contribution is 2.15. The molecule has 0 atom stereocenters. The van der Waals surface area contributed by atoms with Crippen LogP contribution in [0.1, 0.15) is 34.3 Å². The van der Waals surface area contributed by atoms with Crippen LogP contribution < -0.4 is 10.6 Å². The largest absolute Gasteiger partial charge is 0.481 e. The molecule has 150 valence electrons. The van der Waals surface area contributed by atoms with E-state index in [0.29, 0.717) is 23.6 Å². The Morgan fingerprint density at radius 2 is 1.66 bits per heavy atom. The highest BCUT2D eigenvalue weighted by molar-refractivity contribution is 6.04. The number of carboxylic acid groups (broad SMARTS) is 1. The maximum absolute atomic E-state index is 12.4. The fourth-order valence-corrected chi connectivity index (χ4v) is 2.59. The lowest BCUT2D eigenvalue weighted by Gasteiger charge is -2.09. The van der Waals surface area contributed by atoms with E-state index in [2.05, 4.69) is 20.8 Å². The molecule has 0 aliphatic rings. The number of carbonyl (C=O) groups excluding carboxylic acids is 2. The molecule has 0 unspecified atom stereocenters. The Morgan fingerprint density at radius 3 is 2.24 bits per heavy atom. The van der Waals surface area contributed by atoms with E-state index in [0.717, 1.165) is 0 Å². The van der Waals surface area contributed by atoms with Crippen molar-refractivity contribution < 1.29 is 19.5 Å². The van der Waals surface area contributed by atoms with Crippen LogP contribution in [0.5, 0.6) is 0 Å². The number of nitrogens with one attached hydrogen (secondary N) is 2. The lowest BCUT2D eigenvalue weighted by Crippen LogP contribution is -2.19. The molecule has 0 radical (unpaired) electrons. The van der Waals surface area contributed by atoms with Crippen molar-refractivity contribution in [1.29, 1.82) is 0 Å². The van der Waals surface area contributed by atoms with E-state index in [1.807, 2.05) is 6.92 Å². The summed E-state index contributed by atoms with van der Waals surface area (Å²) in [5, 5.41) is 22.4. The van der Waals surface area contributed by atoms with Gasteiger partial charge in [0.15, 0.2) is 5.69 Å². The van der Waals surface area contributed by atoms with E-state index < -0.39 is 11.9 Å². The predicted octanol–water partition coefficient (Wildman–Crippen LogP) is 2.08. The Morgan fingerprint density at radius 1 is 1.00 bits per heavy atom. The lowest BCUT2D eigenvalue weighted by atomic mass is 10.2. The zero-order valence-corrected chi connectivity index (χ0v) is 15.7. The average Bonchev–Trinajstić information content (AvgIpc) is 3.37. The van der Waals surface area contributed by atoms with E-state index in [1.54, 1.807) is 41.2 Å². The van der Waals surface area contributed by atoms with Crippen LogP contribution in [0.25, 0.3) is 0 Å². The second kappa shape index (κ2) is 8.83. The van der Waals surface area contributed by atoms with Gasteiger partial charge in [-0.25, -0.2) is 0 Å². The molecule has 2 amide bonds. The van der Waals surface area contributed by atoms with Crippen LogP contribution in [0, 0.1) is 0 Å². The number of aliphatic carboxylic acids is 1. The molecular formula is C19H20N6O4. The minimum Gasteiger partial charge on any atom is -0.481 e. The molecule has 0 spiro atoms. The summed E-state index contributed by atoms with van der Waals surface area (Å²) in [7, 11) is 0. The Bertz CT molecular complexity index is 1020. The molecule has 0 saturated carbocycles. The maximum Gasteiger partial charge on any atom is 0.305 e. The monoisotopic (exact) mass is 396 g/mol. The molecule has 2 aromatic heterocycles. The van der Waals surface area contributed by atoms with Gasteiger partial charge in [0.2, 0.25) is 0 Å². The SMILES string of the molecule is CCn1ccc(C(=O)Nc2ccc(NC(=O)c3ccnn3CCC(=O)O)cc2)n1. The molecule has 3 aromatic rings. The fourth-order valence-electron chi connectivity index (χ4n) is 2.59. The second-order valence-electron chi connectivity index (χ2n) is 6.13. The molecule has 3 rings (SSSR count). The van der Waals surface area contributed by atoms with E-state index in [-0.39, 0.29) is 24.6 Å². The van der Waals surface area contributed by atoms with Crippen molar-refractivity contribution in [1.82, 2.24) is 19.6 Å². The van der Waals surface area contributed by atoms with Crippen molar-refractivity contribution in [3.05, 3.63) is 60.2 Å². The molecule has 0 fully saturated rings. The molecular weight excluding hydrogens is 376 g/mol. The first-order valence-electron chi connectivity index (χ1n) is 8.96. The van der Waals surface area contributed by atoms with Gasteiger partial charge in [-0.2, -0.15) is 10.2 Å². The number of aryl methyl sites for hydroxylation is 2. The number of aromatic nitrogens is 4. The number of hydrogen-bond acceptors (Lipinski definition) is 5. The summed E-state index contributed by atoms with van der Waals surface area (Å²) >= 11 is 0. The third-order valence-electron chi connectivity index (χ3n) is 4.08. The highest BCUT2D eigenvalue weighted by atomic mass is 16.4. The van der Waals surface area contributed by atoms with Gasteiger partial charge in [0.1, 0.15) is 5.69 Å². The van der Waals surface area contributed by atoms with E-state index in [1.165, 1.54) is 16.9 Å². The van der Waals surface area contributed by atoms with E-state index in [4.69, 9.17) is 5.11 Å². The van der Waals surface area contributed by atoms with Gasteiger partial charge >= 0.3 is 5.97 Å². The number of rotatable bonds is 8. The average molecular weight is 396 g/mol. The number of amides is 2. The molecule has 0 bridgehead atoms. The van der Waals surface area contributed by atoms with Crippen molar-refractivity contribution in [2.24, 2.45) is 0 Å². The minimum atomic E-state index is -0.967. The fraction of sp³-hybridized carbons (Fsp3) is 0.211. The zero-order valence-electron chi connectivity index (χ0n) is 15.7. The number of carboxylic acids is 1. The van der Waals surface area contributed by atoms with Crippen LogP contribution in [0.3, 0.4) is 0 Å². The lowest BCUT2D eigenvalue weighted by molar-refractivity contribution is -0.137. The molecule has 0 aliphatic carbocycles. The first-order chi connectivity index (χ1) is 14.0. The van der Waals surface area contributed by atoms with Crippen molar-refractivity contribution in [3.63, 3.8) is 0 Å². The maximum atomic E-state index is 12.4. The van der Waals surface area contributed by atoms with Crippen LogP contribution in [-0.4, -0.2) is 42.5 Å². The number of nitrogens with zero attached hydrogens (tertiary/aromatic N) is 4. The van der Waals surface area contributed by atoms with Gasteiger partial charge < -0.3 is 15.7 Å². The number of benzene rings is 1. The standard InChI is InChI=1S/C19H20N6O4/c1-2-24-11-8-15(23-24)18(28)21-13-3-5-14(6-4-13)22-19(29)16-7-10-20-25(16)12-9-17(26)27/h3-8,10-11H,2,9,12H2,1H3,(H,21,28)(H,22,29)(H,26,27). The molecule has 10 heteroatoms. The summed E-state index contributed by atoms with van der Waals surface area (Å²) in [4.78, 5) is 35.3. The van der Waals surface area contributed by atoms with Gasteiger partial charge in [0, 0.05) is 30.3 Å². The molecule has 10 nitrogen and oxygen atoms in total. The van der Waals surface area contributed by atoms with E-state index in [9.17, 15) is 14.4 Å². The molecule has 1 aromatic carbocycles. The van der Waals surface area contributed by atoms with Crippen LogP contribution >= 0.6 is 0 Å². The van der Waals surface area contributed by atoms with E-state index >= 15 is 0 Å². The summed E-state index contributed by atoms with van der Waals surface area (Å²) in [5.74, 6) is -1.70. The number of carbonyl (C=O) groups is 3. The van der Waals surface area contributed by atoms with Gasteiger partial charge in [-0.05, 0) is 43.3 Å². The Hall–Kier alpha value is -3.95. The first kappa shape index (κ1) is 19.8. The molecule has 29 heavy (non-hydrogen) atoms. The topological polar surface area (TPSA) is 131 Å². The van der Waals surface area contributed by atoms with Gasteiger partial charge in [-0.3, -0.25) is 23.7 Å². The Kier molecular flexibility index (Phi) is 6.03. The predicted molar refractivity (Wildman–Crippen MR) is 105 cm³/mol. The van der Waals surface area contributed by atoms with Crippen molar-refractivity contribution >= 4 is 29.2 Å². The zero-order chi connectivity index (χ0) is 20.8. The highest BCUT2D eigenvalue weighted by Gasteiger charge is 2.14. The first-order valence-corrected chi connectivity index (χ1v) is 8.96. The van der Waals surface area contributed by atoms with Crippen molar-refractivity contribution in [2.45, 2.75) is 26.4 Å². The van der Waals surface area contributed by atoms with Crippen LogP contribution in [-0.2, 0) is 17.9 Å². The summed E-state index contributed by atoms with van der Waals surface area (Å²) in [5.41, 5.74) is 1.66. The summed E-state index contributed by atoms with van der Waals surface area (Å²) in [6.45, 7) is 2.71. The van der Waals surface area contributed by atoms with Gasteiger partial charge in [-0.15, -0.1) is 0 Å². The van der Waals surface area contributed by atoms with Crippen molar-refractivity contribution in [2.75, 3.05) is 10.6 Å². The number of anilines is 2. The molecule has 2 heterocycles. The van der Waals surface area contributed by atoms with Crippen LogP contribution in [0.4, 0.5) is 11.4 Å². The summed E-state index contributed by atoms with van der Waals surface area (Å²) in [6, 6.07) is 9.77. The smallest absolute Gasteiger partial charge is 0.305 e. The molecule has 0 aliphatic heterocycles. The Balaban J connectivity index is 1.60. The minimum absolute atomic E-state index is 0.101. The normalized spacial score (nSPS) is 10.5. The summed E-state index contributed by atoms with van der Waals surface area (Å²) in [6.07, 6.45) is 3.04. The number of hydrogen-bond donors (Lipinski definition) is 3. The second-order valence-corrected chi connectivity index (χ2v) is 6.13. The van der Waals surface area contributed by atoms with Crippen LogP contribution in [0.2, 0.25) is 0 Å².